The number of thiophene rings is 1. The molecule has 0 saturated heterocycles. The van der Waals surface area contributed by atoms with Crippen LogP contribution in [0.25, 0.3) is 6.08 Å². The zero-order valence-electron chi connectivity index (χ0n) is 15.9. The molecule has 0 radical (unpaired) electrons. The van der Waals surface area contributed by atoms with E-state index in [1.54, 1.807) is 18.2 Å². The Morgan fingerprint density at radius 1 is 1.00 bits per heavy atom. The van der Waals surface area contributed by atoms with Crippen LogP contribution in [-0.4, -0.2) is 11.8 Å². The molecule has 0 unspecified atom stereocenters. The SMILES string of the molecule is CCc1ccccc1NC(=O)/C(=C/c1cccs1)NC(=O)c1ccc(C)cc1. The highest BCUT2D eigenvalue weighted by Crippen LogP contribution is 2.18. The third kappa shape index (κ3) is 4.96. The van der Waals surface area contributed by atoms with E-state index < -0.39 is 0 Å². The van der Waals surface area contributed by atoms with Gasteiger partial charge in [0.05, 0.1) is 0 Å². The van der Waals surface area contributed by atoms with Crippen LogP contribution in [0.2, 0.25) is 0 Å². The Bertz CT molecular complexity index is 990. The van der Waals surface area contributed by atoms with Gasteiger partial charge in [0.1, 0.15) is 5.70 Å². The smallest absolute Gasteiger partial charge is 0.272 e. The number of anilines is 1. The summed E-state index contributed by atoms with van der Waals surface area (Å²) in [6, 6.07) is 18.7. The van der Waals surface area contributed by atoms with Crippen LogP contribution >= 0.6 is 11.3 Å². The summed E-state index contributed by atoms with van der Waals surface area (Å²) in [4.78, 5) is 26.5. The fourth-order valence-corrected chi connectivity index (χ4v) is 3.37. The van der Waals surface area contributed by atoms with E-state index in [-0.39, 0.29) is 17.5 Å². The molecule has 2 aromatic carbocycles. The van der Waals surface area contributed by atoms with Gasteiger partial charge in [0.25, 0.3) is 11.8 Å². The zero-order chi connectivity index (χ0) is 19.9. The lowest BCUT2D eigenvalue weighted by atomic mass is 10.1. The number of benzene rings is 2. The van der Waals surface area contributed by atoms with E-state index in [2.05, 4.69) is 10.6 Å². The Labute approximate surface area is 168 Å². The van der Waals surface area contributed by atoms with Gasteiger partial charge in [-0.2, -0.15) is 0 Å². The van der Waals surface area contributed by atoms with Crippen LogP contribution in [-0.2, 0) is 11.2 Å². The molecular formula is C23H22N2O2S. The number of hydrogen-bond acceptors (Lipinski definition) is 3. The summed E-state index contributed by atoms with van der Waals surface area (Å²) in [5.41, 5.74) is 3.57. The number of carbonyl (C=O) groups is 2. The van der Waals surface area contributed by atoms with Crippen molar-refractivity contribution in [2.45, 2.75) is 20.3 Å². The monoisotopic (exact) mass is 390 g/mol. The first kappa shape index (κ1) is 19.6. The van der Waals surface area contributed by atoms with Gasteiger partial charge in [-0.05, 0) is 54.6 Å². The van der Waals surface area contributed by atoms with Crippen LogP contribution in [0.15, 0.2) is 71.7 Å². The number of nitrogens with one attached hydrogen (secondary N) is 2. The topological polar surface area (TPSA) is 58.2 Å². The summed E-state index contributed by atoms with van der Waals surface area (Å²) in [5.74, 6) is -0.670. The second-order valence-electron chi connectivity index (χ2n) is 6.36. The molecule has 0 spiro atoms. The molecule has 3 rings (SSSR count). The molecule has 5 heteroatoms. The average molecular weight is 391 g/mol. The van der Waals surface area contributed by atoms with Crippen molar-refractivity contribution >= 4 is 34.9 Å². The quantitative estimate of drug-likeness (QED) is 0.580. The van der Waals surface area contributed by atoms with Crippen molar-refractivity contribution in [2.75, 3.05) is 5.32 Å². The number of carbonyl (C=O) groups excluding carboxylic acids is 2. The van der Waals surface area contributed by atoms with E-state index in [1.807, 2.05) is 67.8 Å². The molecule has 0 aliphatic rings. The van der Waals surface area contributed by atoms with Gasteiger partial charge in [0.15, 0.2) is 0 Å². The summed E-state index contributed by atoms with van der Waals surface area (Å²) in [7, 11) is 0. The second kappa shape index (κ2) is 9.15. The predicted molar refractivity (Wildman–Crippen MR) is 115 cm³/mol. The fourth-order valence-electron chi connectivity index (χ4n) is 2.71. The molecule has 0 bridgehead atoms. The molecule has 0 fully saturated rings. The van der Waals surface area contributed by atoms with Crippen molar-refractivity contribution < 1.29 is 9.59 Å². The maximum absolute atomic E-state index is 12.9. The Kier molecular flexibility index (Phi) is 6.40. The van der Waals surface area contributed by atoms with Crippen LogP contribution in [0, 0.1) is 6.92 Å². The highest BCUT2D eigenvalue weighted by molar-refractivity contribution is 7.10. The molecule has 28 heavy (non-hydrogen) atoms. The van der Waals surface area contributed by atoms with Gasteiger partial charge in [-0.25, -0.2) is 0 Å². The molecule has 2 amide bonds. The molecule has 3 aromatic rings. The van der Waals surface area contributed by atoms with Crippen molar-refractivity contribution in [3.63, 3.8) is 0 Å². The van der Waals surface area contributed by atoms with Gasteiger partial charge in [0, 0.05) is 16.1 Å². The van der Waals surface area contributed by atoms with E-state index >= 15 is 0 Å². The van der Waals surface area contributed by atoms with Crippen molar-refractivity contribution in [2.24, 2.45) is 0 Å². The first-order valence-electron chi connectivity index (χ1n) is 9.09. The standard InChI is InChI=1S/C23H22N2O2S/c1-3-17-7-4-5-9-20(17)24-23(27)21(15-19-8-6-14-28-19)25-22(26)18-12-10-16(2)11-13-18/h4-15H,3H2,1-2H3,(H,24,27)(H,25,26)/b21-15-. The van der Waals surface area contributed by atoms with Crippen LogP contribution in [0.4, 0.5) is 5.69 Å². The Hall–Kier alpha value is -3.18. The third-order valence-corrected chi connectivity index (χ3v) is 5.10. The number of aryl methyl sites for hydroxylation is 2. The lowest BCUT2D eigenvalue weighted by molar-refractivity contribution is -0.113. The molecule has 4 nitrogen and oxygen atoms in total. The molecule has 0 atom stereocenters. The highest BCUT2D eigenvalue weighted by Gasteiger charge is 2.16. The van der Waals surface area contributed by atoms with Crippen molar-refractivity contribution in [3.05, 3.63) is 93.3 Å². The number of hydrogen-bond donors (Lipinski definition) is 2. The third-order valence-electron chi connectivity index (χ3n) is 4.28. The van der Waals surface area contributed by atoms with Gasteiger partial charge in [-0.15, -0.1) is 11.3 Å². The Balaban J connectivity index is 1.85. The average Bonchev–Trinajstić information content (AvgIpc) is 3.21. The maximum Gasteiger partial charge on any atom is 0.272 e. The Morgan fingerprint density at radius 2 is 1.75 bits per heavy atom. The first-order chi connectivity index (χ1) is 13.6. The van der Waals surface area contributed by atoms with E-state index in [0.29, 0.717) is 5.56 Å². The van der Waals surface area contributed by atoms with Crippen molar-refractivity contribution in [1.82, 2.24) is 5.32 Å². The summed E-state index contributed by atoms with van der Waals surface area (Å²) in [6.07, 6.45) is 2.50. The number of para-hydroxylation sites is 1. The predicted octanol–water partition coefficient (Wildman–Crippen LogP) is 5.03. The highest BCUT2D eigenvalue weighted by atomic mass is 32.1. The van der Waals surface area contributed by atoms with Gasteiger partial charge < -0.3 is 10.6 Å². The van der Waals surface area contributed by atoms with Crippen LogP contribution in [0.5, 0.6) is 0 Å². The van der Waals surface area contributed by atoms with Crippen LogP contribution in [0.1, 0.15) is 33.3 Å². The zero-order valence-corrected chi connectivity index (χ0v) is 16.7. The minimum atomic E-state index is -0.352. The molecule has 0 aliphatic carbocycles. The molecular weight excluding hydrogens is 368 g/mol. The summed E-state index contributed by atoms with van der Waals surface area (Å²) in [5, 5.41) is 7.61. The summed E-state index contributed by atoms with van der Waals surface area (Å²) in [6.45, 7) is 4.00. The van der Waals surface area contributed by atoms with Crippen LogP contribution < -0.4 is 10.6 Å². The molecule has 1 heterocycles. The first-order valence-corrected chi connectivity index (χ1v) is 9.97. The molecule has 2 N–H and O–H groups in total. The Morgan fingerprint density at radius 3 is 2.43 bits per heavy atom. The minimum absolute atomic E-state index is 0.207. The fraction of sp³-hybridized carbons (Fsp3) is 0.130. The molecule has 142 valence electrons. The van der Waals surface area contributed by atoms with E-state index in [9.17, 15) is 9.59 Å². The maximum atomic E-state index is 12.9. The van der Waals surface area contributed by atoms with Gasteiger partial charge in [0.2, 0.25) is 0 Å². The second-order valence-corrected chi connectivity index (χ2v) is 7.34. The van der Waals surface area contributed by atoms with E-state index in [0.717, 1.165) is 28.1 Å². The minimum Gasteiger partial charge on any atom is -0.320 e. The van der Waals surface area contributed by atoms with Gasteiger partial charge in [-0.1, -0.05) is 48.9 Å². The van der Waals surface area contributed by atoms with Gasteiger partial charge in [-0.3, -0.25) is 9.59 Å². The van der Waals surface area contributed by atoms with Crippen molar-refractivity contribution in [3.8, 4) is 0 Å². The summed E-state index contributed by atoms with van der Waals surface area (Å²) >= 11 is 1.50. The molecule has 0 saturated carbocycles. The lowest BCUT2D eigenvalue weighted by Gasteiger charge is -2.13. The normalized spacial score (nSPS) is 11.1. The van der Waals surface area contributed by atoms with E-state index in [1.165, 1.54) is 11.3 Å². The largest absolute Gasteiger partial charge is 0.320 e. The molecule has 0 aliphatic heterocycles. The van der Waals surface area contributed by atoms with Crippen molar-refractivity contribution in [1.29, 1.82) is 0 Å². The van der Waals surface area contributed by atoms with Crippen LogP contribution in [0.3, 0.4) is 0 Å². The van der Waals surface area contributed by atoms with Gasteiger partial charge >= 0.3 is 0 Å². The number of rotatable bonds is 6. The lowest BCUT2D eigenvalue weighted by Crippen LogP contribution is -2.30. The summed E-state index contributed by atoms with van der Waals surface area (Å²) < 4.78 is 0. The van der Waals surface area contributed by atoms with E-state index in [4.69, 9.17) is 0 Å². The molecule has 1 aromatic heterocycles. The number of amides is 2.